The number of allylic oxidation sites excluding steroid dienone is 1. The fourth-order valence-electron chi connectivity index (χ4n) is 4.52. The molecule has 0 aliphatic heterocycles. The Balaban J connectivity index is 5.28. The van der Waals surface area contributed by atoms with Crippen molar-refractivity contribution in [3.63, 3.8) is 0 Å². The van der Waals surface area contributed by atoms with Crippen molar-refractivity contribution in [2.75, 3.05) is 0 Å². The normalized spacial score (nSPS) is 14.4. The average Bonchev–Trinajstić information content (AvgIpc) is 1.70. The zero-order chi connectivity index (χ0) is 13.4. The van der Waals surface area contributed by atoms with Crippen LogP contribution in [-0.4, -0.2) is 29.4 Å². The zero-order valence-corrected chi connectivity index (χ0v) is 17.1. The van der Waals surface area contributed by atoms with E-state index in [9.17, 15) is 0 Å². The number of hydrogen-bond acceptors (Lipinski definition) is 0. The molecule has 0 amide bonds. The van der Waals surface area contributed by atoms with Gasteiger partial charge in [0.2, 0.25) is 0 Å². The van der Waals surface area contributed by atoms with E-state index < -0.39 is 29.4 Å². The standard InChI is InChI=1S/C13H32GeSi2/c1-12(2)11-14(3,4)13(15(5,6)7)16(8,9)10/h13H,1,11H2,2-10H3. The predicted octanol–water partition coefficient (Wildman–Crippen LogP) is 5.40. The van der Waals surface area contributed by atoms with Crippen LogP contribution in [0, 0.1) is 0 Å². The SMILES string of the molecule is C=C(C)[CH2][Ge]([CH3])([CH3])[CH]([Si](C)(C)C)[Si](C)(C)C. The molecule has 3 heteroatoms. The van der Waals surface area contributed by atoms with Gasteiger partial charge >= 0.3 is 109 Å². The van der Waals surface area contributed by atoms with Crippen LogP contribution in [0.2, 0.25) is 60.0 Å². The van der Waals surface area contributed by atoms with Crippen molar-refractivity contribution < 1.29 is 0 Å². The Kier molecular flexibility index (Phi) is 5.38. The van der Waals surface area contributed by atoms with Crippen LogP contribution in [0.3, 0.4) is 0 Å². The number of hydrogen-bond donors (Lipinski definition) is 0. The van der Waals surface area contributed by atoms with Crippen molar-refractivity contribution in [2.45, 2.75) is 67.0 Å². The maximum absolute atomic E-state index is 4.16. The van der Waals surface area contributed by atoms with E-state index in [1.165, 1.54) is 10.8 Å². The molecule has 0 aromatic carbocycles. The van der Waals surface area contributed by atoms with Crippen LogP contribution >= 0.6 is 0 Å². The molecule has 0 radical (unpaired) electrons. The van der Waals surface area contributed by atoms with E-state index >= 15 is 0 Å². The first kappa shape index (κ1) is 16.7. The van der Waals surface area contributed by atoms with Crippen LogP contribution in [-0.2, 0) is 0 Å². The first-order valence-corrected chi connectivity index (χ1v) is 20.5. The first-order chi connectivity index (χ1) is 6.78. The summed E-state index contributed by atoms with van der Waals surface area (Å²) in [5, 5.41) is 1.37. The summed E-state index contributed by atoms with van der Waals surface area (Å²) < 4.78 is 1.14. The van der Waals surface area contributed by atoms with E-state index in [1.807, 2.05) is 0 Å². The van der Waals surface area contributed by atoms with Crippen LogP contribution in [0.15, 0.2) is 12.2 Å². The second kappa shape index (κ2) is 5.15. The molecule has 0 aromatic rings. The molecular weight excluding hydrogens is 285 g/mol. The van der Waals surface area contributed by atoms with Gasteiger partial charge in [-0.1, -0.05) is 0 Å². The van der Waals surface area contributed by atoms with Gasteiger partial charge in [-0.05, 0) is 0 Å². The molecule has 0 aliphatic carbocycles. The Morgan fingerprint density at radius 1 is 1.00 bits per heavy atom. The topological polar surface area (TPSA) is 0 Å². The maximum atomic E-state index is 4.16. The molecule has 0 aliphatic rings. The molecule has 0 bridgehead atoms. The molecule has 0 atom stereocenters. The monoisotopic (exact) mass is 318 g/mol. The quantitative estimate of drug-likeness (QED) is 0.471. The fraction of sp³-hybridized carbons (Fsp3) is 0.846. The van der Waals surface area contributed by atoms with Gasteiger partial charge in [0.25, 0.3) is 0 Å². The van der Waals surface area contributed by atoms with Crippen molar-refractivity contribution in [2.24, 2.45) is 0 Å². The van der Waals surface area contributed by atoms with Crippen molar-refractivity contribution in [3.05, 3.63) is 12.2 Å². The Bertz CT molecular complexity index is 242. The van der Waals surface area contributed by atoms with Gasteiger partial charge < -0.3 is 0 Å². The summed E-state index contributed by atoms with van der Waals surface area (Å²) in [5.41, 5.74) is 1.42. The third-order valence-electron chi connectivity index (χ3n) is 3.27. The van der Waals surface area contributed by atoms with E-state index in [2.05, 4.69) is 64.3 Å². The first-order valence-electron chi connectivity index (χ1n) is 6.43. The van der Waals surface area contributed by atoms with Crippen LogP contribution in [0.1, 0.15) is 6.92 Å². The second-order valence-electron chi connectivity index (χ2n) is 8.29. The third kappa shape index (κ3) is 4.92. The van der Waals surface area contributed by atoms with Gasteiger partial charge in [-0.2, -0.15) is 0 Å². The molecule has 0 unspecified atom stereocenters. The Labute approximate surface area is 108 Å². The Morgan fingerprint density at radius 3 is 1.50 bits per heavy atom. The fourth-order valence-corrected chi connectivity index (χ4v) is 53.9. The molecular formula is C13H32GeSi2. The van der Waals surface area contributed by atoms with Crippen LogP contribution < -0.4 is 0 Å². The molecule has 0 fully saturated rings. The van der Waals surface area contributed by atoms with Gasteiger partial charge in [-0.3, -0.25) is 0 Å². The van der Waals surface area contributed by atoms with E-state index in [-0.39, 0.29) is 0 Å². The summed E-state index contributed by atoms with van der Waals surface area (Å²) in [6.07, 6.45) is 0. The zero-order valence-electron chi connectivity index (χ0n) is 13.0. The van der Waals surface area contributed by atoms with E-state index in [0.29, 0.717) is 0 Å². The number of rotatable bonds is 5. The Morgan fingerprint density at radius 2 is 1.31 bits per heavy atom. The van der Waals surface area contributed by atoms with E-state index in [1.54, 1.807) is 0 Å². The van der Waals surface area contributed by atoms with Crippen molar-refractivity contribution in [3.8, 4) is 0 Å². The summed E-state index contributed by atoms with van der Waals surface area (Å²) in [6, 6.07) is 0. The van der Waals surface area contributed by atoms with E-state index in [4.69, 9.17) is 0 Å². The minimum atomic E-state index is -1.69. The summed E-state index contributed by atoms with van der Waals surface area (Å²) in [7, 11) is -2.04. The molecule has 0 aromatic heterocycles. The average molecular weight is 317 g/mol. The van der Waals surface area contributed by atoms with E-state index in [0.717, 1.165) is 4.00 Å². The molecule has 0 rings (SSSR count). The van der Waals surface area contributed by atoms with Gasteiger partial charge in [0.1, 0.15) is 0 Å². The molecule has 0 N–H and O–H groups in total. The summed E-state index contributed by atoms with van der Waals surface area (Å²) >= 11 is -1.69. The molecule has 0 nitrogen and oxygen atoms in total. The molecule has 0 saturated heterocycles. The van der Waals surface area contributed by atoms with Crippen molar-refractivity contribution >= 4 is 29.4 Å². The second-order valence-corrected chi connectivity index (χ2v) is 32.2. The van der Waals surface area contributed by atoms with Crippen molar-refractivity contribution in [1.29, 1.82) is 0 Å². The third-order valence-corrected chi connectivity index (χ3v) is 37.4. The summed E-state index contributed by atoms with van der Waals surface area (Å²) in [4.78, 5) is 0. The van der Waals surface area contributed by atoms with Crippen LogP contribution in [0.25, 0.3) is 0 Å². The summed E-state index contributed by atoms with van der Waals surface area (Å²) in [5.74, 6) is 5.30. The van der Waals surface area contributed by atoms with Crippen molar-refractivity contribution in [1.82, 2.24) is 0 Å². The van der Waals surface area contributed by atoms with Gasteiger partial charge in [-0.15, -0.1) is 0 Å². The molecule has 96 valence electrons. The van der Waals surface area contributed by atoms with Crippen LogP contribution in [0.5, 0.6) is 0 Å². The van der Waals surface area contributed by atoms with Gasteiger partial charge in [0.15, 0.2) is 0 Å². The Hall–Kier alpha value is 0.717. The van der Waals surface area contributed by atoms with Gasteiger partial charge in [0.05, 0.1) is 0 Å². The molecule has 0 spiro atoms. The molecule has 0 saturated carbocycles. The summed E-state index contributed by atoms with van der Waals surface area (Å²) in [6.45, 7) is 21.9. The van der Waals surface area contributed by atoms with Gasteiger partial charge in [0, 0.05) is 0 Å². The molecule has 0 heterocycles. The minimum absolute atomic E-state index is 1.02. The predicted molar refractivity (Wildman–Crippen MR) is 87.5 cm³/mol. The van der Waals surface area contributed by atoms with Gasteiger partial charge in [-0.25, -0.2) is 0 Å². The van der Waals surface area contributed by atoms with Crippen LogP contribution in [0.4, 0.5) is 0 Å². The molecule has 16 heavy (non-hydrogen) atoms.